The van der Waals surface area contributed by atoms with Gasteiger partial charge >= 0.3 is 6.09 Å². The predicted octanol–water partition coefficient (Wildman–Crippen LogP) is 3.12. The molecule has 0 fully saturated rings. The van der Waals surface area contributed by atoms with Gasteiger partial charge in [-0.3, -0.25) is 9.69 Å². The van der Waals surface area contributed by atoms with Crippen LogP contribution in [-0.4, -0.2) is 38.5 Å². The molecule has 7 heteroatoms. The first kappa shape index (κ1) is 18.2. The van der Waals surface area contributed by atoms with Gasteiger partial charge in [0.25, 0.3) is 0 Å². The SMILES string of the molecule is O=C(O)N(CC(=O)N(Cc1cnc[nH]1)c1ccccc1)Cc1ccccc1. The number of carboxylic acid groups (broad SMARTS) is 1. The number of imidazole rings is 1. The van der Waals surface area contributed by atoms with Gasteiger partial charge < -0.3 is 15.0 Å². The molecule has 7 nitrogen and oxygen atoms in total. The quantitative estimate of drug-likeness (QED) is 0.674. The number of para-hydroxylation sites is 1. The number of carbonyl (C=O) groups excluding carboxylic acids is 1. The van der Waals surface area contributed by atoms with Crippen LogP contribution in [0.3, 0.4) is 0 Å². The molecule has 0 aliphatic rings. The molecule has 0 atom stereocenters. The second-order valence-electron chi connectivity index (χ2n) is 6.02. The van der Waals surface area contributed by atoms with E-state index in [-0.39, 0.29) is 25.5 Å². The largest absolute Gasteiger partial charge is 0.465 e. The van der Waals surface area contributed by atoms with E-state index in [1.807, 2.05) is 60.7 Å². The van der Waals surface area contributed by atoms with Gasteiger partial charge in [0.15, 0.2) is 0 Å². The highest BCUT2D eigenvalue weighted by Crippen LogP contribution is 2.17. The van der Waals surface area contributed by atoms with Crippen LogP contribution < -0.4 is 4.90 Å². The predicted molar refractivity (Wildman–Crippen MR) is 101 cm³/mol. The lowest BCUT2D eigenvalue weighted by Gasteiger charge is -2.26. The number of aromatic nitrogens is 2. The molecular weight excluding hydrogens is 344 g/mol. The Morgan fingerprint density at radius 1 is 0.963 bits per heavy atom. The zero-order valence-electron chi connectivity index (χ0n) is 14.7. The summed E-state index contributed by atoms with van der Waals surface area (Å²) in [6.45, 7) is 0.184. The van der Waals surface area contributed by atoms with Crippen molar-refractivity contribution in [3.63, 3.8) is 0 Å². The van der Waals surface area contributed by atoms with Crippen molar-refractivity contribution >= 4 is 17.7 Å². The van der Waals surface area contributed by atoms with Crippen LogP contribution in [0.1, 0.15) is 11.3 Å². The van der Waals surface area contributed by atoms with E-state index in [0.29, 0.717) is 5.69 Å². The Bertz CT molecular complexity index is 867. The molecule has 3 rings (SSSR count). The van der Waals surface area contributed by atoms with E-state index >= 15 is 0 Å². The van der Waals surface area contributed by atoms with Crippen LogP contribution in [0, 0.1) is 0 Å². The summed E-state index contributed by atoms with van der Waals surface area (Å²) in [6, 6.07) is 18.4. The third-order valence-corrected chi connectivity index (χ3v) is 4.07. The number of benzene rings is 2. The molecule has 2 amide bonds. The van der Waals surface area contributed by atoms with E-state index in [2.05, 4.69) is 9.97 Å². The van der Waals surface area contributed by atoms with E-state index in [4.69, 9.17) is 0 Å². The van der Waals surface area contributed by atoms with Crippen molar-refractivity contribution in [2.75, 3.05) is 11.4 Å². The fourth-order valence-electron chi connectivity index (χ4n) is 2.72. The second-order valence-corrected chi connectivity index (χ2v) is 6.02. The van der Waals surface area contributed by atoms with Crippen molar-refractivity contribution in [2.45, 2.75) is 13.1 Å². The normalized spacial score (nSPS) is 10.4. The van der Waals surface area contributed by atoms with E-state index in [0.717, 1.165) is 16.2 Å². The molecule has 0 aliphatic heterocycles. The van der Waals surface area contributed by atoms with Gasteiger partial charge in [-0.05, 0) is 17.7 Å². The molecule has 0 spiro atoms. The molecule has 0 aliphatic carbocycles. The molecule has 0 unspecified atom stereocenters. The number of nitrogens with one attached hydrogen (secondary N) is 1. The Labute approximate surface area is 156 Å². The van der Waals surface area contributed by atoms with Crippen molar-refractivity contribution in [1.82, 2.24) is 14.9 Å². The molecule has 2 aromatic carbocycles. The lowest BCUT2D eigenvalue weighted by molar-refractivity contribution is -0.119. The maximum atomic E-state index is 13.0. The first-order valence-corrected chi connectivity index (χ1v) is 8.48. The Morgan fingerprint density at radius 2 is 1.63 bits per heavy atom. The van der Waals surface area contributed by atoms with Gasteiger partial charge in [-0.15, -0.1) is 0 Å². The average Bonchev–Trinajstić information content (AvgIpc) is 3.20. The first-order chi connectivity index (χ1) is 13.1. The number of carbonyl (C=O) groups is 2. The van der Waals surface area contributed by atoms with Gasteiger partial charge in [-0.2, -0.15) is 0 Å². The fraction of sp³-hybridized carbons (Fsp3) is 0.150. The van der Waals surface area contributed by atoms with Crippen molar-refractivity contribution in [1.29, 1.82) is 0 Å². The summed E-state index contributed by atoms with van der Waals surface area (Å²) in [4.78, 5) is 34.2. The van der Waals surface area contributed by atoms with E-state index in [9.17, 15) is 14.7 Å². The van der Waals surface area contributed by atoms with Gasteiger partial charge in [0.05, 0.1) is 18.6 Å². The van der Waals surface area contributed by atoms with Gasteiger partial charge in [0, 0.05) is 18.4 Å². The maximum Gasteiger partial charge on any atom is 0.408 e. The molecule has 0 saturated heterocycles. The zero-order valence-corrected chi connectivity index (χ0v) is 14.7. The van der Waals surface area contributed by atoms with Gasteiger partial charge in [-0.1, -0.05) is 48.5 Å². The standard InChI is InChI=1S/C20H20N4O3/c25-19(14-23(20(26)27)12-16-7-3-1-4-8-16)24(13-17-11-21-15-22-17)18-9-5-2-6-10-18/h1-11,15H,12-14H2,(H,21,22)(H,26,27). The van der Waals surface area contributed by atoms with Crippen LogP contribution in [-0.2, 0) is 17.9 Å². The number of aromatic amines is 1. The number of hydrogen-bond acceptors (Lipinski definition) is 3. The summed E-state index contributed by atoms with van der Waals surface area (Å²) in [7, 11) is 0. The van der Waals surface area contributed by atoms with Gasteiger partial charge in [-0.25, -0.2) is 9.78 Å². The van der Waals surface area contributed by atoms with Gasteiger partial charge in [0.2, 0.25) is 5.91 Å². The van der Waals surface area contributed by atoms with Crippen molar-refractivity contribution in [3.05, 3.63) is 84.4 Å². The van der Waals surface area contributed by atoms with E-state index in [1.54, 1.807) is 17.4 Å². The third-order valence-electron chi connectivity index (χ3n) is 4.07. The number of anilines is 1. The van der Waals surface area contributed by atoms with Crippen molar-refractivity contribution < 1.29 is 14.7 Å². The summed E-state index contributed by atoms with van der Waals surface area (Å²) in [5, 5.41) is 9.53. The van der Waals surface area contributed by atoms with Crippen LogP contribution in [0.4, 0.5) is 10.5 Å². The zero-order chi connectivity index (χ0) is 19.1. The molecule has 0 radical (unpaired) electrons. The third kappa shape index (κ3) is 4.94. The molecule has 3 aromatic rings. The summed E-state index contributed by atoms with van der Waals surface area (Å²) in [5.74, 6) is -0.311. The van der Waals surface area contributed by atoms with Gasteiger partial charge in [0.1, 0.15) is 6.54 Å². The molecule has 1 aromatic heterocycles. The summed E-state index contributed by atoms with van der Waals surface area (Å²) < 4.78 is 0. The van der Waals surface area contributed by atoms with Crippen molar-refractivity contribution in [3.8, 4) is 0 Å². The maximum absolute atomic E-state index is 13.0. The highest BCUT2D eigenvalue weighted by molar-refractivity contribution is 5.95. The molecule has 0 bridgehead atoms. The topological polar surface area (TPSA) is 89.5 Å². The van der Waals surface area contributed by atoms with E-state index < -0.39 is 6.09 Å². The Morgan fingerprint density at radius 3 is 2.22 bits per heavy atom. The fourth-order valence-corrected chi connectivity index (χ4v) is 2.72. The minimum atomic E-state index is -1.14. The molecule has 1 heterocycles. The smallest absolute Gasteiger partial charge is 0.408 e. The van der Waals surface area contributed by atoms with Crippen LogP contribution >= 0.6 is 0 Å². The summed E-state index contributed by atoms with van der Waals surface area (Å²) in [5.41, 5.74) is 2.28. The second kappa shape index (κ2) is 8.66. The monoisotopic (exact) mass is 364 g/mol. The van der Waals surface area contributed by atoms with Crippen LogP contribution in [0.25, 0.3) is 0 Å². The van der Waals surface area contributed by atoms with Crippen LogP contribution in [0.15, 0.2) is 73.2 Å². The number of rotatable bonds is 7. The number of hydrogen-bond donors (Lipinski definition) is 2. The van der Waals surface area contributed by atoms with Crippen LogP contribution in [0.2, 0.25) is 0 Å². The Balaban J connectivity index is 1.78. The number of nitrogens with zero attached hydrogens (tertiary/aromatic N) is 3. The average molecular weight is 364 g/mol. The molecule has 27 heavy (non-hydrogen) atoms. The number of H-pyrrole nitrogens is 1. The lowest BCUT2D eigenvalue weighted by Crippen LogP contribution is -2.42. The van der Waals surface area contributed by atoms with Crippen molar-refractivity contribution in [2.24, 2.45) is 0 Å². The minimum absolute atomic E-state index is 0.147. The Hall–Kier alpha value is -3.61. The van der Waals surface area contributed by atoms with E-state index in [1.165, 1.54) is 0 Å². The lowest BCUT2D eigenvalue weighted by atomic mass is 10.2. The Kier molecular flexibility index (Phi) is 5.84. The molecule has 0 saturated carbocycles. The first-order valence-electron chi connectivity index (χ1n) is 8.48. The molecule has 138 valence electrons. The summed E-state index contributed by atoms with van der Waals surface area (Å²) >= 11 is 0. The highest BCUT2D eigenvalue weighted by atomic mass is 16.4. The minimum Gasteiger partial charge on any atom is -0.465 e. The highest BCUT2D eigenvalue weighted by Gasteiger charge is 2.22. The number of amides is 2. The molecular formula is C20H20N4O3. The molecule has 2 N–H and O–H groups in total. The van der Waals surface area contributed by atoms with Crippen LogP contribution in [0.5, 0.6) is 0 Å². The summed E-state index contributed by atoms with van der Waals surface area (Å²) in [6.07, 6.45) is 2.05.